The van der Waals surface area contributed by atoms with E-state index in [-0.39, 0.29) is 17.4 Å². The van der Waals surface area contributed by atoms with Gasteiger partial charge in [-0.1, -0.05) is 5.57 Å². The number of pyridine rings is 1. The average Bonchev–Trinajstić information content (AvgIpc) is 3.10. The van der Waals surface area contributed by atoms with Crippen LogP contribution in [-0.4, -0.2) is 49.7 Å². The number of likely N-dealkylation sites (N-methyl/N-ethyl adjacent to an activating group) is 1. The molecule has 6 heteroatoms. The van der Waals surface area contributed by atoms with Crippen molar-refractivity contribution in [2.45, 2.75) is 45.1 Å². The molecule has 0 saturated carbocycles. The first-order valence-corrected chi connectivity index (χ1v) is 10.5. The summed E-state index contributed by atoms with van der Waals surface area (Å²) >= 11 is 0. The summed E-state index contributed by atoms with van der Waals surface area (Å²) in [6.07, 6.45) is 12.2. The monoisotopic (exact) mass is 410 g/mol. The molecule has 6 nitrogen and oxygen atoms in total. The van der Waals surface area contributed by atoms with Crippen molar-refractivity contribution < 1.29 is 19.0 Å². The van der Waals surface area contributed by atoms with Crippen LogP contribution in [0.4, 0.5) is 0 Å². The maximum absolute atomic E-state index is 12.7. The molecule has 2 aliphatic carbocycles. The van der Waals surface area contributed by atoms with Gasteiger partial charge >= 0.3 is 5.97 Å². The van der Waals surface area contributed by atoms with Crippen molar-refractivity contribution in [1.82, 2.24) is 9.88 Å². The predicted molar refractivity (Wildman–Crippen MR) is 114 cm³/mol. The third-order valence-electron chi connectivity index (χ3n) is 6.90. The minimum Gasteiger partial charge on any atom is -0.497 e. The number of likely N-dealkylation sites (tertiary alicyclic amines) is 1. The molecule has 1 aromatic rings. The molecule has 0 aromatic carbocycles. The first-order valence-electron chi connectivity index (χ1n) is 10.5. The Hall–Kier alpha value is -2.60. The zero-order chi connectivity index (χ0) is 21.3. The van der Waals surface area contributed by atoms with Gasteiger partial charge in [0.15, 0.2) is 5.76 Å². The second-order valence-corrected chi connectivity index (χ2v) is 8.41. The molecular formula is C24H30N2O4. The molecule has 3 aliphatic rings. The lowest BCUT2D eigenvalue weighted by atomic mass is 9.65. The number of aromatic nitrogens is 1. The number of ether oxygens (including phenoxy) is 3. The van der Waals surface area contributed by atoms with E-state index in [1.165, 1.54) is 5.57 Å². The van der Waals surface area contributed by atoms with Gasteiger partial charge in [0.05, 0.1) is 19.8 Å². The van der Waals surface area contributed by atoms with Crippen molar-refractivity contribution in [3.05, 3.63) is 64.6 Å². The molecule has 0 N–H and O–H groups in total. The van der Waals surface area contributed by atoms with E-state index in [4.69, 9.17) is 14.2 Å². The number of hydrogen-bond donors (Lipinski definition) is 0. The van der Waals surface area contributed by atoms with Gasteiger partial charge in [0.1, 0.15) is 11.5 Å². The Morgan fingerprint density at radius 2 is 2.03 bits per heavy atom. The Kier molecular flexibility index (Phi) is 5.69. The zero-order valence-electron chi connectivity index (χ0n) is 18.2. The smallest absolute Gasteiger partial charge is 0.345 e. The van der Waals surface area contributed by atoms with E-state index in [0.717, 1.165) is 61.5 Å². The predicted octanol–water partition coefficient (Wildman–Crippen LogP) is 4.14. The van der Waals surface area contributed by atoms with Crippen LogP contribution in [0, 0.1) is 12.3 Å². The Labute approximate surface area is 178 Å². The van der Waals surface area contributed by atoms with Gasteiger partial charge in [-0.25, -0.2) is 4.79 Å². The van der Waals surface area contributed by atoms with Crippen LogP contribution < -0.4 is 0 Å². The highest BCUT2D eigenvalue weighted by Crippen LogP contribution is 2.53. The molecule has 30 heavy (non-hydrogen) atoms. The first-order chi connectivity index (χ1) is 14.5. The third kappa shape index (κ3) is 3.54. The van der Waals surface area contributed by atoms with Gasteiger partial charge in [-0.15, -0.1) is 0 Å². The van der Waals surface area contributed by atoms with Crippen molar-refractivity contribution in [2.24, 2.45) is 5.41 Å². The van der Waals surface area contributed by atoms with Gasteiger partial charge in [0, 0.05) is 36.7 Å². The number of rotatable bonds is 5. The maximum Gasteiger partial charge on any atom is 0.345 e. The summed E-state index contributed by atoms with van der Waals surface area (Å²) in [5.74, 6) is 2.17. The van der Waals surface area contributed by atoms with Crippen molar-refractivity contribution >= 4 is 5.97 Å². The van der Waals surface area contributed by atoms with Gasteiger partial charge in [0.25, 0.3) is 0 Å². The summed E-state index contributed by atoms with van der Waals surface area (Å²) in [5.41, 5.74) is 2.86. The summed E-state index contributed by atoms with van der Waals surface area (Å²) in [4.78, 5) is 19.1. The fourth-order valence-electron chi connectivity index (χ4n) is 5.15. The van der Waals surface area contributed by atoms with Gasteiger partial charge in [-0.2, -0.15) is 0 Å². The van der Waals surface area contributed by atoms with Crippen molar-refractivity contribution in [2.75, 3.05) is 27.8 Å². The number of allylic oxidation sites excluding steroid dienone is 3. The lowest BCUT2D eigenvalue weighted by molar-refractivity contribution is 0.0584. The van der Waals surface area contributed by atoms with E-state index in [1.54, 1.807) is 26.6 Å². The largest absolute Gasteiger partial charge is 0.497 e. The van der Waals surface area contributed by atoms with Crippen LogP contribution in [0.2, 0.25) is 0 Å². The van der Waals surface area contributed by atoms with Gasteiger partial charge in [-0.05, 0) is 63.6 Å². The molecule has 4 rings (SSSR count). The molecule has 0 spiro atoms. The SMILES string of the molecule is COC1=C(OC)CCC(C23CCC(OC(=O)c4cnccc4C)=CC2N(C)CC3)=C1. The van der Waals surface area contributed by atoms with E-state index >= 15 is 0 Å². The van der Waals surface area contributed by atoms with Crippen LogP contribution in [0.25, 0.3) is 0 Å². The lowest BCUT2D eigenvalue weighted by Gasteiger charge is -2.42. The van der Waals surface area contributed by atoms with Crippen molar-refractivity contribution in [1.29, 1.82) is 0 Å². The molecule has 160 valence electrons. The lowest BCUT2D eigenvalue weighted by Crippen LogP contribution is -2.41. The minimum atomic E-state index is -0.328. The van der Waals surface area contributed by atoms with Gasteiger partial charge in [0.2, 0.25) is 0 Å². The fourth-order valence-corrected chi connectivity index (χ4v) is 5.15. The van der Waals surface area contributed by atoms with Crippen LogP contribution in [0.5, 0.6) is 0 Å². The number of nitrogens with zero attached hydrogens (tertiary/aromatic N) is 2. The van der Waals surface area contributed by atoms with Crippen molar-refractivity contribution in [3.8, 4) is 0 Å². The Morgan fingerprint density at radius 1 is 1.20 bits per heavy atom. The third-order valence-corrected chi connectivity index (χ3v) is 6.90. The highest BCUT2D eigenvalue weighted by Gasteiger charge is 2.50. The molecule has 0 radical (unpaired) electrons. The summed E-state index contributed by atoms with van der Waals surface area (Å²) in [6, 6.07) is 2.03. The summed E-state index contributed by atoms with van der Waals surface area (Å²) in [7, 11) is 5.55. The van der Waals surface area contributed by atoms with E-state index in [0.29, 0.717) is 5.56 Å². The maximum atomic E-state index is 12.7. The summed E-state index contributed by atoms with van der Waals surface area (Å²) < 4.78 is 16.9. The van der Waals surface area contributed by atoms with Gasteiger partial charge in [-0.3, -0.25) is 9.88 Å². The standard InChI is InChI=1S/C24H30N2O4/c1-16-8-11-25-15-19(16)23(27)30-18-7-9-24(10-12-26(2)22(24)14-18)17-5-6-20(28-3)21(13-17)29-4/h8,11,13-15,22H,5-7,9-10,12H2,1-4H3. The zero-order valence-corrected chi connectivity index (χ0v) is 18.2. The average molecular weight is 411 g/mol. The fraction of sp³-hybridized carbons (Fsp3) is 0.500. The molecule has 2 atom stereocenters. The van der Waals surface area contributed by atoms with Crippen molar-refractivity contribution in [3.63, 3.8) is 0 Å². The van der Waals surface area contributed by atoms with E-state index in [2.05, 4.69) is 29.1 Å². The molecule has 0 bridgehead atoms. The minimum absolute atomic E-state index is 0.0535. The summed E-state index contributed by atoms with van der Waals surface area (Å²) in [6.45, 7) is 2.92. The summed E-state index contributed by atoms with van der Waals surface area (Å²) in [5, 5.41) is 0. The van der Waals surface area contributed by atoms with Crippen LogP contribution in [0.15, 0.2) is 53.5 Å². The quantitative estimate of drug-likeness (QED) is 0.680. The van der Waals surface area contributed by atoms with E-state index < -0.39 is 0 Å². The number of carbonyl (C=O) groups is 1. The Morgan fingerprint density at radius 3 is 2.77 bits per heavy atom. The van der Waals surface area contributed by atoms with Gasteiger partial charge < -0.3 is 14.2 Å². The molecule has 2 heterocycles. The number of aryl methyl sites for hydroxylation is 1. The molecule has 1 fully saturated rings. The normalized spacial score (nSPS) is 26.6. The molecule has 1 aliphatic heterocycles. The molecule has 2 unspecified atom stereocenters. The number of esters is 1. The number of hydrogen-bond acceptors (Lipinski definition) is 6. The molecule has 1 saturated heterocycles. The van der Waals surface area contributed by atoms with Crippen LogP contribution in [0.1, 0.15) is 48.0 Å². The van der Waals surface area contributed by atoms with E-state index in [9.17, 15) is 4.79 Å². The molecular weight excluding hydrogens is 380 g/mol. The number of carbonyl (C=O) groups excluding carboxylic acids is 1. The second-order valence-electron chi connectivity index (χ2n) is 8.41. The Balaban J connectivity index is 1.60. The number of methoxy groups -OCH3 is 2. The number of fused-ring (bicyclic) bond motifs is 1. The molecule has 1 aromatic heterocycles. The van der Waals surface area contributed by atoms with E-state index in [1.807, 2.05) is 13.0 Å². The highest BCUT2D eigenvalue weighted by molar-refractivity contribution is 5.91. The topological polar surface area (TPSA) is 60.9 Å². The Bertz CT molecular complexity index is 933. The second kappa shape index (κ2) is 8.26. The van der Waals surface area contributed by atoms with Crippen LogP contribution in [0.3, 0.4) is 0 Å². The molecule has 0 amide bonds. The van der Waals surface area contributed by atoms with Crippen LogP contribution >= 0.6 is 0 Å². The first kappa shape index (κ1) is 20.7. The highest BCUT2D eigenvalue weighted by atomic mass is 16.5. The van der Waals surface area contributed by atoms with Crippen LogP contribution in [-0.2, 0) is 14.2 Å².